The SMILES string of the molecule is CC(N)(c1cccnc1)c1cccc(Cl)c1. The van der Waals surface area contributed by atoms with Crippen molar-refractivity contribution >= 4 is 11.6 Å². The molecule has 0 saturated heterocycles. The third kappa shape index (κ3) is 2.08. The molecule has 2 N–H and O–H groups in total. The average Bonchev–Trinajstić information content (AvgIpc) is 2.30. The van der Waals surface area contributed by atoms with E-state index < -0.39 is 5.54 Å². The van der Waals surface area contributed by atoms with Gasteiger partial charge in [0.05, 0.1) is 5.54 Å². The Morgan fingerprint density at radius 2 is 1.94 bits per heavy atom. The van der Waals surface area contributed by atoms with Gasteiger partial charge in [-0.05, 0) is 36.2 Å². The van der Waals surface area contributed by atoms with Crippen molar-refractivity contribution in [2.24, 2.45) is 5.73 Å². The van der Waals surface area contributed by atoms with Crippen LogP contribution in [0.1, 0.15) is 18.1 Å². The van der Waals surface area contributed by atoms with Crippen LogP contribution in [0.2, 0.25) is 5.02 Å². The molecule has 1 aromatic carbocycles. The van der Waals surface area contributed by atoms with Crippen LogP contribution in [0.25, 0.3) is 0 Å². The number of nitrogens with zero attached hydrogens (tertiary/aromatic N) is 1. The molecule has 0 bridgehead atoms. The smallest absolute Gasteiger partial charge is 0.0652 e. The predicted molar refractivity (Wildman–Crippen MR) is 66.3 cm³/mol. The molecule has 0 aliphatic heterocycles. The van der Waals surface area contributed by atoms with Gasteiger partial charge >= 0.3 is 0 Å². The third-order valence-electron chi connectivity index (χ3n) is 2.69. The molecule has 1 aromatic heterocycles. The lowest BCUT2D eigenvalue weighted by Crippen LogP contribution is -2.34. The van der Waals surface area contributed by atoms with Crippen LogP contribution in [0.5, 0.6) is 0 Å². The van der Waals surface area contributed by atoms with Gasteiger partial charge in [0, 0.05) is 17.4 Å². The molecule has 0 radical (unpaired) electrons. The summed E-state index contributed by atoms with van der Waals surface area (Å²) in [5.41, 5.74) is 7.71. The van der Waals surface area contributed by atoms with E-state index in [2.05, 4.69) is 4.98 Å². The van der Waals surface area contributed by atoms with Crippen LogP contribution in [0.4, 0.5) is 0 Å². The number of nitrogens with two attached hydrogens (primary N) is 1. The summed E-state index contributed by atoms with van der Waals surface area (Å²) in [5.74, 6) is 0. The Balaban J connectivity index is 2.47. The minimum atomic E-state index is -0.570. The maximum atomic E-state index is 6.33. The van der Waals surface area contributed by atoms with E-state index in [-0.39, 0.29) is 0 Å². The number of hydrogen-bond donors (Lipinski definition) is 1. The molecule has 0 aliphatic carbocycles. The first kappa shape index (κ1) is 11.1. The fourth-order valence-corrected chi connectivity index (χ4v) is 1.84. The summed E-state index contributed by atoms with van der Waals surface area (Å²) in [6.45, 7) is 1.95. The van der Waals surface area contributed by atoms with E-state index in [0.717, 1.165) is 11.1 Å². The maximum absolute atomic E-state index is 6.33. The second-order valence-electron chi connectivity index (χ2n) is 3.95. The summed E-state index contributed by atoms with van der Waals surface area (Å²) < 4.78 is 0. The Labute approximate surface area is 100 Å². The first-order valence-electron chi connectivity index (χ1n) is 5.06. The number of halogens is 1. The highest BCUT2D eigenvalue weighted by Crippen LogP contribution is 2.27. The molecule has 1 heterocycles. The van der Waals surface area contributed by atoms with Crippen LogP contribution < -0.4 is 5.73 Å². The van der Waals surface area contributed by atoms with Gasteiger partial charge in [-0.25, -0.2) is 0 Å². The molecule has 1 atom stereocenters. The van der Waals surface area contributed by atoms with Crippen molar-refractivity contribution in [3.05, 3.63) is 64.9 Å². The summed E-state index contributed by atoms with van der Waals surface area (Å²) in [7, 11) is 0. The normalized spacial score (nSPS) is 14.4. The van der Waals surface area contributed by atoms with Crippen molar-refractivity contribution in [2.75, 3.05) is 0 Å². The summed E-state index contributed by atoms with van der Waals surface area (Å²) in [4.78, 5) is 4.09. The van der Waals surface area contributed by atoms with E-state index in [1.807, 2.05) is 43.3 Å². The van der Waals surface area contributed by atoms with Crippen LogP contribution >= 0.6 is 11.6 Å². The van der Waals surface area contributed by atoms with E-state index in [1.165, 1.54) is 0 Å². The first-order valence-corrected chi connectivity index (χ1v) is 5.44. The van der Waals surface area contributed by atoms with Gasteiger partial charge in [-0.1, -0.05) is 29.8 Å². The molecule has 82 valence electrons. The third-order valence-corrected chi connectivity index (χ3v) is 2.92. The zero-order valence-electron chi connectivity index (χ0n) is 9.02. The number of rotatable bonds is 2. The summed E-state index contributed by atoms with van der Waals surface area (Å²) in [6, 6.07) is 11.4. The van der Waals surface area contributed by atoms with Gasteiger partial charge in [0.25, 0.3) is 0 Å². The molecule has 2 aromatic rings. The Morgan fingerprint density at radius 1 is 1.19 bits per heavy atom. The molecule has 2 rings (SSSR count). The minimum absolute atomic E-state index is 0.570. The molecule has 0 amide bonds. The Hall–Kier alpha value is -1.38. The van der Waals surface area contributed by atoms with Gasteiger partial charge in [-0.3, -0.25) is 4.98 Å². The highest BCUT2D eigenvalue weighted by molar-refractivity contribution is 6.30. The molecule has 0 saturated carbocycles. The van der Waals surface area contributed by atoms with Crippen molar-refractivity contribution in [2.45, 2.75) is 12.5 Å². The molecule has 1 unspecified atom stereocenters. The largest absolute Gasteiger partial charge is 0.318 e. The van der Waals surface area contributed by atoms with Gasteiger partial charge in [0.2, 0.25) is 0 Å². The van der Waals surface area contributed by atoms with Crippen LogP contribution in [0, 0.1) is 0 Å². The fraction of sp³-hybridized carbons (Fsp3) is 0.154. The van der Waals surface area contributed by atoms with Crippen LogP contribution in [-0.4, -0.2) is 4.98 Å². The second-order valence-corrected chi connectivity index (χ2v) is 4.39. The molecular weight excluding hydrogens is 220 g/mol. The molecule has 0 spiro atoms. The summed E-state index contributed by atoms with van der Waals surface area (Å²) in [5, 5.41) is 0.693. The average molecular weight is 233 g/mol. The standard InChI is InChI=1S/C13H13ClN2/c1-13(15,11-5-3-7-16-9-11)10-4-2-6-12(14)8-10/h2-9H,15H2,1H3. The van der Waals surface area contributed by atoms with Gasteiger partial charge in [-0.2, -0.15) is 0 Å². The Kier molecular flexibility index (Phi) is 2.95. The van der Waals surface area contributed by atoms with Crippen LogP contribution in [-0.2, 0) is 5.54 Å². The molecule has 0 fully saturated rings. The summed E-state index contributed by atoms with van der Waals surface area (Å²) in [6.07, 6.45) is 3.51. The van der Waals surface area contributed by atoms with Crippen molar-refractivity contribution in [1.29, 1.82) is 0 Å². The number of hydrogen-bond acceptors (Lipinski definition) is 2. The fourth-order valence-electron chi connectivity index (χ4n) is 1.65. The lowest BCUT2D eigenvalue weighted by atomic mass is 9.87. The van der Waals surface area contributed by atoms with Gasteiger partial charge in [0.1, 0.15) is 0 Å². The van der Waals surface area contributed by atoms with Gasteiger partial charge in [0.15, 0.2) is 0 Å². The highest BCUT2D eigenvalue weighted by atomic mass is 35.5. The van der Waals surface area contributed by atoms with E-state index in [4.69, 9.17) is 17.3 Å². The van der Waals surface area contributed by atoms with E-state index in [0.29, 0.717) is 5.02 Å². The van der Waals surface area contributed by atoms with Gasteiger partial charge in [-0.15, -0.1) is 0 Å². The molecular formula is C13H13ClN2. The predicted octanol–water partition coefficient (Wildman–Crippen LogP) is 2.96. The highest BCUT2D eigenvalue weighted by Gasteiger charge is 2.23. The Morgan fingerprint density at radius 3 is 2.56 bits per heavy atom. The Bertz CT molecular complexity index is 480. The molecule has 2 nitrogen and oxygen atoms in total. The number of benzene rings is 1. The van der Waals surface area contributed by atoms with Crippen LogP contribution in [0.3, 0.4) is 0 Å². The maximum Gasteiger partial charge on any atom is 0.0652 e. The lowest BCUT2D eigenvalue weighted by Gasteiger charge is -2.25. The van der Waals surface area contributed by atoms with Crippen molar-refractivity contribution in [3.63, 3.8) is 0 Å². The van der Waals surface area contributed by atoms with E-state index in [1.54, 1.807) is 12.4 Å². The first-order chi connectivity index (χ1) is 7.60. The van der Waals surface area contributed by atoms with Crippen LogP contribution in [0.15, 0.2) is 48.8 Å². The van der Waals surface area contributed by atoms with Gasteiger partial charge < -0.3 is 5.73 Å². The summed E-state index contributed by atoms with van der Waals surface area (Å²) >= 11 is 5.97. The van der Waals surface area contributed by atoms with Crippen molar-refractivity contribution in [1.82, 2.24) is 4.98 Å². The van der Waals surface area contributed by atoms with E-state index >= 15 is 0 Å². The quantitative estimate of drug-likeness (QED) is 0.865. The monoisotopic (exact) mass is 232 g/mol. The zero-order valence-corrected chi connectivity index (χ0v) is 9.78. The lowest BCUT2D eigenvalue weighted by molar-refractivity contribution is 0.600. The van der Waals surface area contributed by atoms with Crippen molar-refractivity contribution in [3.8, 4) is 0 Å². The second kappa shape index (κ2) is 4.24. The van der Waals surface area contributed by atoms with E-state index in [9.17, 15) is 0 Å². The molecule has 0 aliphatic rings. The number of aromatic nitrogens is 1. The minimum Gasteiger partial charge on any atom is -0.318 e. The van der Waals surface area contributed by atoms with Crippen molar-refractivity contribution < 1.29 is 0 Å². The molecule has 3 heteroatoms. The zero-order chi connectivity index (χ0) is 11.6. The number of pyridine rings is 1. The topological polar surface area (TPSA) is 38.9 Å². The molecule has 16 heavy (non-hydrogen) atoms.